The van der Waals surface area contributed by atoms with Crippen LogP contribution >= 0.6 is 23.1 Å². The van der Waals surface area contributed by atoms with Crippen molar-refractivity contribution in [2.45, 2.75) is 25.9 Å². The van der Waals surface area contributed by atoms with Gasteiger partial charge in [-0.3, -0.25) is 14.2 Å². The summed E-state index contributed by atoms with van der Waals surface area (Å²) in [5.74, 6) is -0.367. The number of hydrogen-bond acceptors (Lipinski definition) is 7. The van der Waals surface area contributed by atoms with Crippen molar-refractivity contribution in [3.8, 4) is 22.5 Å². The molecule has 0 radical (unpaired) electrons. The molecule has 0 aliphatic rings. The highest BCUT2D eigenvalue weighted by atomic mass is 32.2. The van der Waals surface area contributed by atoms with Crippen LogP contribution in [0, 0.1) is 20.8 Å². The van der Waals surface area contributed by atoms with Gasteiger partial charge in [0.25, 0.3) is 5.56 Å². The van der Waals surface area contributed by atoms with E-state index in [0.717, 1.165) is 33.1 Å². The molecule has 7 nitrogen and oxygen atoms in total. The number of methoxy groups -OCH3 is 1. The molecule has 0 saturated carbocycles. The van der Waals surface area contributed by atoms with E-state index in [2.05, 4.69) is 0 Å². The second kappa shape index (κ2) is 12.1. The van der Waals surface area contributed by atoms with Crippen molar-refractivity contribution in [1.82, 2.24) is 14.1 Å². The average molecular weight is 620 g/mol. The maximum Gasteiger partial charge on any atom is 0.337 e. The third-order valence-electron chi connectivity index (χ3n) is 7.56. The molecule has 0 spiro atoms. The Morgan fingerprint density at radius 3 is 2.16 bits per heavy atom. The molecule has 44 heavy (non-hydrogen) atoms. The molecule has 0 atom stereocenters. The molecule has 6 rings (SSSR count). The first-order valence-electron chi connectivity index (χ1n) is 14.0. The lowest BCUT2D eigenvalue weighted by molar-refractivity contribution is 0.0600. The topological polar surface area (TPSA) is 83.2 Å². The van der Waals surface area contributed by atoms with E-state index in [1.54, 1.807) is 16.7 Å². The number of ketones is 1. The number of thioether (sulfide) groups is 1. The Kier molecular flexibility index (Phi) is 8.07. The van der Waals surface area contributed by atoms with E-state index in [1.165, 1.54) is 30.2 Å². The molecule has 9 heteroatoms. The van der Waals surface area contributed by atoms with Gasteiger partial charge in [-0.2, -0.15) is 0 Å². The predicted molar refractivity (Wildman–Crippen MR) is 177 cm³/mol. The molecule has 0 N–H and O–H groups in total. The lowest BCUT2D eigenvalue weighted by Gasteiger charge is -2.13. The number of hydrogen-bond donors (Lipinski definition) is 0. The number of nitrogens with zero attached hydrogens (tertiary/aromatic N) is 3. The molecule has 0 fully saturated rings. The summed E-state index contributed by atoms with van der Waals surface area (Å²) in [4.78, 5) is 46.4. The largest absolute Gasteiger partial charge is 0.465 e. The molecule has 0 amide bonds. The zero-order valence-corrected chi connectivity index (χ0v) is 26.3. The molecule has 220 valence electrons. The van der Waals surface area contributed by atoms with E-state index in [1.807, 2.05) is 104 Å². The number of rotatable bonds is 8. The van der Waals surface area contributed by atoms with Crippen LogP contribution in [0.15, 0.2) is 101 Å². The van der Waals surface area contributed by atoms with Gasteiger partial charge in [0.05, 0.1) is 29.5 Å². The average Bonchev–Trinajstić information content (AvgIpc) is 3.54. The number of fused-ring (bicyclic) bond motifs is 1. The zero-order chi connectivity index (χ0) is 31.0. The summed E-state index contributed by atoms with van der Waals surface area (Å²) in [6.07, 6.45) is 0. The van der Waals surface area contributed by atoms with E-state index in [9.17, 15) is 14.4 Å². The van der Waals surface area contributed by atoms with Crippen molar-refractivity contribution < 1.29 is 14.3 Å². The Labute approximate surface area is 262 Å². The maximum absolute atomic E-state index is 14.2. The Hall–Kier alpha value is -4.73. The summed E-state index contributed by atoms with van der Waals surface area (Å²) in [5, 5.41) is 1.05. The van der Waals surface area contributed by atoms with Crippen LogP contribution in [0.4, 0.5) is 0 Å². The van der Waals surface area contributed by atoms with Crippen LogP contribution in [0.3, 0.4) is 0 Å². The minimum absolute atomic E-state index is 0.0678. The lowest BCUT2D eigenvalue weighted by Crippen LogP contribution is -2.22. The van der Waals surface area contributed by atoms with Gasteiger partial charge in [-0.1, -0.05) is 60.3 Å². The molecular weight excluding hydrogens is 591 g/mol. The number of ether oxygens (including phenoxy) is 1. The number of esters is 1. The standard InChI is InChI=1S/C35H29N3O4S2/c1-21-19-28(22(2)37(21)27-17-15-25(16-18-27)34(41)42-4)29(39)20-43-35-36-32-31(33(40)38(35)26-13-9-6-10-14-26)30(23(3)44-32)24-11-7-5-8-12-24/h5-19H,20H2,1-4H3. The lowest BCUT2D eigenvalue weighted by atomic mass is 10.0. The van der Waals surface area contributed by atoms with Gasteiger partial charge in [0.15, 0.2) is 10.9 Å². The van der Waals surface area contributed by atoms with Gasteiger partial charge < -0.3 is 9.30 Å². The minimum Gasteiger partial charge on any atom is -0.465 e. The Bertz CT molecular complexity index is 2080. The van der Waals surface area contributed by atoms with Gasteiger partial charge in [-0.25, -0.2) is 9.78 Å². The van der Waals surface area contributed by atoms with E-state index in [-0.39, 0.29) is 17.1 Å². The number of thiophene rings is 1. The highest BCUT2D eigenvalue weighted by molar-refractivity contribution is 7.99. The molecule has 3 heterocycles. The number of Topliss-reactive ketones (excluding diaryl/α,β-unsaturated/α-hetero) is 1. The summed E-state index contributed by atoms with van der Waals surface area (Å²) >= 11 is 2.75. The number of aromatic nitrogens is 3. The normalized spacial score (nSPS) is 11.2. The second-order valence-electron chi connectivity index (χ2n) is 10.3. The third-order valence-corrected chi connectivity index (χ3v) is 9.50. The highest BCUT2D eigenvalue weighted by Gasteiger charge is 2.23. The van der Waals surface area contributed by atoms with Gasteiger partial charge in [-0.05, 0) is 68.8 Å². The highest BCUT2D eigenvalue weighted by Crippen LogP contribution is 2.37. The summed E-state index contributed by atoms with van der Waals surface area (Å²) in [6, 6.07) is 28.3. The SMILES string of the molecule is COC(=O)c1ccc(-n2c(C)cc(C(=O)CSc3nc4sc(C)c(-c5ccccc5)c4c(=O)n3-c3ccccc3)c2C)cc1. The quantitative estimate of drug-likeness (QED) is 0.0756. The van der Waals surface area contributed by atoms with E-state index in [4.69, 9.17) is 9.72 Å². The molecule has 0 unspecified atom stereocenters. The van der Waals surface area contributed by atoms with E-state index in [0.29, 0.717) is 32.2 Å². The number of para-hydroxylation sites is 1. The molecule has 3 aromatic carbocycles. The molecular formula is C35H29N3O4S2. The van der Waals surface area contributed by atoms with Crippen LogP contribution < -0.4 is 5.56 Å². The van der Waals surface area contributed by atoms with Gasteiger partial charge in [-0.15, -0.1) is 11.3 Å². The van der Waals surface area contributed by atoms with Crippen LogP contribution in [-0.2, 0) is 4.74 Å². The monoisotopic (exact) mass is 619 g/mol. The van der Waals surface area contributed by atoms with Crippen molar-refractivity contribution in [3.63, 3.8) is 0 Å². The summed E-state index contributed by atoms with van der Waals surface area (Å²) < 4.78 is 8.41. The van der Waals surface area contributed by atoms with E-state index >= 15 is 0 Å². The third kappa shape index (κ3) is 5.29. The fraction of sp³-hybridized carbons (Fsp3) is 0.143. The van der Waals surface area contributed by atoms with Crippen LogP contribution in [0.5, 0.6) is 0 Å². The van der Waals surface area contributed by atoms with Crippen molar-refractivity contribution >= 4 is 45.1 Å². The molecule has 0 bridgehead atoms. The maximum atomic E-state index is 14.2. The fourth-order valence-corrected chi connectivity index (χ4v) is 7.49. The Morgan fingerprint density at radius 2 is 1.50 bits per heavy atom. The number of carbonyl (C=O) groups is 2. The molecule has 6 aromatic rings. The summed E-state index contributed by atoms with van der Waals surface area (Å²) in [6.45, 7) is 5.86. The van der Waals surface area contributed by atoms with Crippen LogP contribution in [0.2, 0.25) is 0 Å². The summed E-state index contributed by atoms with van der Waals surface area (Å²) in [7, 11) is 1.35. The predicted octanol–water partition coefficient (Wildman–Crippen LogP) is 7.59. The molecule has 0 saturated heterocycles. The number of benzene rings is 3. The van der Waals surface area contributed by atoms with Gasteiger partial charge in [0.1, 0.15) is 4.83 Å². The molecule has 0 aliphatic heterocycles. The van der Waals surface area contributed by atoms with Crippen LogP contribution in [-0.4, -0.2) is 38.7 Å². The van der Waals surface area contributed by atoms with Gasteiger partial charge in [0.2, 0.25) is 0 Å². The number of carbonyl (C=O) groups excluding carboxylic acids is 2. The van der Waals surface area contributed by atoms with Crippen molar-refractivity contribution in [2.75, 3.05) is 12.9 Å². The zero-order valence-electron chi connectivity index (χ0n) is 24.7. The fourth-order valence-electron chi connectivity index (χ4n) is 5.51. The van der Waals surface area contributed by atoms with Crippen LogP contribution in [0.1, 0.15) is 37.0 Å². The van der Waals surface area contributed by atoms with Gasteiger partial charge in [0, 0.05) is 33.1 Å². The van der Waals surface area contributed by atoms with Crippen molar-refractivity contribution in [2.24, 2.45) is 0 Å². The Morgan fingerprint density at radius 1 is 0.864 bits per heavy atom. The smallest absolute Gasteiger partial charge is 0.337 e. The first kappa shape index (κ1) is 29.3. The first-order valence-corrected chi connectivity index (χ1v) is 15.8. The van der Waals surface area contributed by atoms with Crippen molar-refractivity contribution in [1.29, 1.82) is 0 Å². The van der Waals surface area contributed by atoms with Crippen LogP contribution in [0.25, 0.3) is 32.7 Å². The minimum atomic E-state index is -0.403. The Balaban J connectivity index is 1.36. The molecule has 0 aliphatic carbocycles. The first-order chi connectivity index (χ1) is 21.3. The van der Waals surface area contributed by atoms with E-state index < -0.39 is 5.97 Å². The van der Waals surface area contributed by atoms with Crippen molar-refractivity contribution in [3.05, 3.63) is 129 Å². The molecule has 3 aromatic heterocycles. The van der Waals surface area contributed by atoms with Gasteiger partial charge >= 0.3 is 5.97 Å². The second-order valence-corrected chi connectivity index (χ2v) is 12.5. The number of aryl methyl sites for hydroxylation is 2. The summed E-state index contributed by atoms with van der Waals surface area (Å²) in [5.41, 5.74) is 5.98.